The Bertz CT molecular complexity index is 627. The Morgan fingerprint density at radius 2 is 2.28 bits per heavy atom. The maximum atomic E-state index is 11.1. The van der Waals surface area contributed by atoms with Gasteiger partial charge in [0.05, 0.1) is 5.69 Å². The smallest absolute Gasteiger partial charge is 0.221 e. The van der Waals surface area contributed by atoms with E-state index in [1.807, 2.05) is 35.0 Å². The van der Waals surface area contributed by atoms with Crippen LogP contribution in [0.1, 0.15) is 19.5 Å². The fourth-order valence-corrected chi connectivity index (χ4v) is 2.16. The van der Waals surface area contributed by atoms with E-state index in [0.717, 1.165) is 23.5 Å². The number of benzene rings is 1. The van der Waals surface area contributed by atoms with Crippen LogP contribution in [0.3, 0.4) is 0 Å². The lowest BCUT2D eigenvalue weighted by molar-refractivity contribution is -0.114. The van der Waals surface area contributed by atoms with Gasteiger partial charge in [-0.15, -0.1) is 0 Å². The molecule has 1 amide bonds. The van der Waals surface area contributed by atoms with Crippen molar-refractivity contribution in [2.45, 2.75) is 20.3 Å². The normalized spacial score (nSPS) is 10.3. The van der Waals surface area contributed by atoms with E-state index in [0.29, 0.717) is 4.77 Å². The average Bonchev–Trinajstić information content (AvgIpc) is 2.70. The van der Waals surface area contributed by atoms with Crippen LogP contribution >= 0.6 is 12.2 Å². The number of carbonyl (C=O) groups excluding carboxylic acids is 1. The minimum atomic E-state index is -0.0828. The molecule has 0 radical (unpaired) electrons. The Morgan fingerprint density at radius 1 is 1.50 bits per heavy atom. The molecule has 0 unspecified atom stereocenters. The highest BCUT2D eigenvalue weighted by molar-refractivity contribution is 7.71. The summed E-state index contributed by atoms with van der Waals surface area (Å²) in [4.78, 5) is 14.1. The van der Waals surface area contributed by atoms with Crippen LogP contribution in [0.4, 0.5) is 5.69 Å². The first-order valence-corrected chi connectivity index (χ1v) is 6.20. The molecule has 0 aliphatic rings. The summed E-state index contributed by atoms with van der Waals surface area (Å²) in [5, 5.41) is 2.77. The standard InChI is InChI=1S/C13H15N3OS/c1-3-11-8-14-13(18)16(11)12-6-4-5-10(7-12)15-9(2)17/h4-8H,3H2,1-2H3,(H,14,18)(H,15,17). The third kappa shape index (κ3) is 2.51. The molecule has 2 N–H and O–H groups in total. The summed E-state index contributed by atoms with van der Waals surface area (Å²) in [6, 6.07) is 7.62. The lowest BCUT2D eigenvalue weighted by Crippen LogP contribution is -2.06. The van der Waals surface area contributed by atoms with Gasteiger partial charge in [-0.25, -0.2) is 0 Å². The van der Waals surface area contributed by atoms with Crippen LogP contribution in [0.5, 0.6) is 0 Å². The summed E-state index contributed by atoms with van der Waals surface area (Å²) in [6.45, 7) is 3.57. The van der Waals surface area contributed by atoms with E-state index in [2.05, 4.69) is 17.2 Å². The lowest BCUT2D eigenvalue weighted by atomic mass is 10.2. The maximum Gasteiger partial charge on any atom is 0.221 e. The molecule has 0 saturated carbocycles. The third-order valence-corrected chi connectivity index (χ3v) is 2.94. The highest BCUT2D eigenvalue weighted by Gasteiger charge is 2.05. The molecule has 94 valence electrons. The highest BCUT2D eigenvalue weighted by atomic mass is 32.1. The van der Waals surface area contributed by atoms with Crippen molar-refractivity contribution >= 4 is 23.8 Å². The van der Waals surface area contributed by atoms with Crippen molar-refractivity contribution in [2.75, 3.05) is 5.32 Å². The maximum absolute atomic E-state index is 11.1. The molecule has 0 aliphatic heterocycles. The molecule has 0 atom stereocenters. The molecule has 1 heterocycles. The minimum absolute atomic E-state index is 0.0828. The number of nitrogens with zero attached hydrogens (tertiary/aromatic N) is 1. The van der Waals surface area contributed by atoms with Gasteiger partial charge in [0.15, 0.2) is 4.77 Å². The van der Waals surface area contributed by atoms with Crippen LogP contribution in [0.15, 0.2) is 30.5 Å². The quantitative estimate of drug-likeness (QED) is 0.834. The van der Waals surface area contributed by atoms with E-state index in [1.165, 1.54) is 6.92 Å². The zero-order valence-corrected chi connectivity index (χ0v) is 11.2. The van der Waals surface area contributed by atoms with Crippen LogP contribution in [0, 0.1) is 4.77 Å². The lowest BCUT2D eigenvalue weighted by Gasteiger charge is -2.09. The number of H-pyrrole nitrogens is 1. The average molecular weight is 261 g/mol. The van der Waals surface area contributed by atoms with E-state index in [1.54, 1.807) is 0 Å². The fourth-order valence-electron chi connectivity index (χ4n) is 1.87. The summed E-state index contributed by atoms with van der Waals surface area (Å²) in [7, 11) is 0. The van der Waals surface area contributed by atoms with E-state index in [9.17, 15) is 4.79 Å². The molecule has 4 nitrogen and oxygen atoms in total. The first-order valence-electron chi connectivity index (χ1n) is 5.79. The molecule has 2 rings (SSSR count). The Hall–Kier alpha value is -1.88. The molecule has 1 aromatic heterocycles. The summed E-state index contributed by atoms with van der Waals surface area (Å²) < 4.78 is 2.63. The van der Waals surface area contributed by atoms with Gasteiger partial charge in [-0.05, 0) is 36.8 Å². The van der Waals surface area contributed by atoms with Gasteiger partial charge in [0, 0.05) is 24.5 Å². The third-order valence-electron chi connectivity index (χ3n) is 2.64. The second-order valence-corrected chi connectivity index (χ2v) is 4.39. The largest absolute Gasteiger partial charge is 0.337 e. The van der Waals surface area contributed by atoms with Gasteiger partial charge in [-0.2, -0.15) is 0 Å². The molecule has 1 aromatic carbocycles. The SMILES string of the molecule is CCc1c[nH]c(=S)n1-c1cccc(NC(C)=O)c1. The number of imidazole rings is 1. The number of anilines is 1. The van der Waals surface area contributed by atoms with Crippen molar-refractivity contribution in [1.29, 1.82) is 0 Å². The predicted molar refractivity (Wildman–Crippen MR) is 74.6 cm³/mol. The van der Waals surface area contributed by atoms with Crippen molar-refractivity contribution in [3.05, 3.63) is 40.9 Å². The number of aromatic amines is 1. The van der Waals surface area contributed by atoms with Crippen molar-refractivity contribution in [3.63, 3.8) is 0 Å². The van der Waals surface area contributed by atoms with Crippen LogP contribution in [-0.4, -0.2) is 15.5 Å². The van der Waals surface area contributed by atoms with Gasteiger partial charge >= 0.3 is 0 Å². The van der Waals surface area contributed by atoms with E-state index >= 15 is 0 Å². The molecule has 0 saturated heterocycles. The van der Waals surface area contributed by atoms with Gasteiger partial charge in [0.2, 0.25) is 5.91 Å². The number of hydrogen-bond donors (Lipinski definition) is 2. The van der Waals surface area contributed by atoms with Gasteiger partial charge in [0.1, 0.15) is 0 Å². The van der Waals surface area contributed by atoms with Crippen LogP contribution in [-0.2, 0) is 11.2 Å². The molecule has 0 bridgehead atoms. The second kappa shape index (κ2) is 5.18. The fraction of sp³-hybridized carbons (Fsp3) is 0.231. The van der Waals surface area contributed by atoms with Gasteiger partial charge in [-0.3, -0.25) is 9.36 Å². The molecular formula is C13H15N3OS. The van der Waals surface area contributed by atoms with Crippen LogP contribution < -0.4 is 5.32 Å². The summed E-state index contributed by atoms with van der Waals surface area (Å²) in [5.41, 5.74) is 2.83. The van der Waals surface area contributed by atoms with Crippen molar-refractivity contribution < 1.29 is 4.79 Å². The number of aryl methyl sites for hydroxylation is 1. The zero-order valence-electron chi connectivity index (χ0n) is 10.4. The van der Waals surface area contributed by atoms with Gasteiger partial charge < -0.3 is 10.3 Å². The van der Waals surface area contributed by atoms with Crippen LogP contribution in [0.25, 0.3) is 5.69 Å². The zero-order chi connectivity index (χ0) is 13.1. The second-order valence-electron chi connectivity index (χ2n) is 4.01. The summed E-state index contributed by atoms with van der Waals surface area (Å²) in [5.74, 6) is -0.0828. The number of nitrogens with one attached hydrogen (secondary N) is 2. The Labute approximate surface area is 111 Å². The monoisotopic (exact) mass is 261 g/mol. The Balaban J connectivity index is 2.47. The molecule has 2 aromatic rings. The highest BCUT2D eigenvalue weighted by Crippen LogP contribution is 2.17. The first kappa shape index (κ1) is 12.6. The Morgan fingerprint density at radius 3 is 2.94 bits per heavy atom. The van der Waals surface area contributed by atoms with Crippen molar-refractivity contribution in [3.8, 4) is 5.69 Å². The molecule has 18 heavy (non-hydrogen) atoms. The van der Waals surface area contributed by atoms with Crippen LogP contribution in [0.2, 0.25) is 0 Å². The topological polar surface area (TPSA) is 49.8 Å². The summed E-state index contributed by atoms with van der Waals surface area (Å²) in [6.07, 6.45) is 2.80. The molecule has 0 aliphatic carbocycles. The number of hydrogen-bond acceptors (Lipinski definition) is 2. The summed E-state index contributed by atoms with van der Waals surface area (Å²) >= 11 is 5.27. The van der Waals surface area contributed by atoms with Crippen molar-refractivity contribution in [1.82, 2.24) is 9.55 Å². The molecular weight excluding hydrogens is 246 g/mol. The van der Waals surface area contributed by atoms with Gasteiger partial charge in [0.25, 0.3) is 0 Å². The molecule has 0 spiro atoms. The van der Waals surface area contributed by atoms with Crippen molar-refractivity contribution in [2.24, 2.45) is 0 Å². The number of carbonyl (C=O) groups is 1. The van der Waals surface area contributed by atoms with Gasteiger partial charge in [-0.1, -0.05) is 13.0 Å². The number of rotatable bonds is 3. The molecule has 5 heteroatoms. The van der Waals surface area contributed by atoms with E-state index in [-0.39, 0.29) is 5.91 Å². The number of amides is 1. The van der Waals surface area contributed by atoms with E-state index < -0.39 is 0 Å². The van der Waals surface area contributed by atoms with E-state index in [4.69, 9.17) is 12.2 Å². The first-order chi connectivity index (χ1) is 8.61. The minimum Gasteiger partial charge on any atom is -0.337 e. The molecule has 0 fully saturated rings. The Kier molecular flexibility index (Phi) is 3.62. The predicted octanol–water partition coefficient (Wildman–Crippen LogP) is 3.06. The number of aromatic nitrogens is 2.